The monoisotopic (exact) mass is 383 g/mol. The van der Waals surface area contributed by atoms with Gasteiger partial charge in [-0.15, -0.1) is 0 Å². The molecule has 7 heteroatoms. The number of likely N-dealkylation sites (tertiary alicyclic amines) is 1. The highest BCUT2D eigenvalue weighted by Gasteiger charge is 2.53. The Labute approximate surface area is 164 Å². The van der Waals surface area contributed by atoms with Crippen molar-refractivity contribution in [3.8, 4) is 0 Å². The highest BCUT2D eigenvalue weighted by molar-refractivity contribution is 5.91. The van der Waals surface area contributed by atoms with Crippen LogP contribution in [0.3, 0.4) is 0 Å². The molecule has 6 nitrogen and oxygen atoms in total. The van der Waals surface area contributed by atoms with Crippen LogP contribution in [-0.2, 0) is 11.8 Å². The molecule has 4 fully saturated rings. The van der Waals surface area contributed by atoms with Crippen molar-refractivity contribution in [2.75, 3.05) is 31.5 Å². The van der Waals surface area contributed by atoms with E-state index >= 15 is 0 Å². The van der Waals surface area contributed by atoms with Crippen LogP contribution in [0.25, 0.3) is 0 Å². The van der Waals surface area contributed by atoms with E-state index in [1.165, 1.54) is 18.4 Å². The lowest BCUT2D eigenvalue weighted by molar-refractivity contribution is -0.118. The minimum atomic E-state index is -0.199. The fourth-order valence-corrected chi connectivity index (χ4v) is 5.57. The van der Waals surface area contributed by atoms with Crippen molar-refractivity contribution in [2.45, 2.75) is 30.8 Å². The maximum absolute atomic E-state index is 13.4. The molecule has 2 bridgehead atoms. The number of rotatable bonds is 4. The van der Waals surface area contributed by atoms with Crippen molar-refractivity contribution >= 4 is 11.7 Å². The summed E-state index contributed by atoms with van der Waals surface area (Å²) in [6, 6.07) is 9.55. The molecule has 1 N–H and O–H groups in total. The van der Waals surface area contributed by atoms with Gasteiger partial charge in [-0.1, -0.05) is 12.1 Å². The van der Waals surface area contributed by atoms with E-state index in [0.717, 1.165) is 19.6 Å². The molecule has 0 unspecified atom stereocenters. The Kier molecular flexibility index (Phi) is 4.44. The van der Waals surface area contributed by atoms with Crippen molar-refractivity contribution in [1.82, 2.24) is 19.6 Å². The second-order valence-corrected chi connectivity index (χ2v) is 8.36. The lowest BCUT2D eigenvalue weighted by atomic mass is 9.75. The van der Waals surface area contributed by atoms with Crippen LogP contribution in [0.5, 0.6) is 0 Å². The molecule has 1 aromatic heterocycles. The third-order valence-electron chi connectivity index (χ3n) is 6.72. The second kappa shape index (κ2) is 6.97. The van der Waals surface area contributed by atoms with Crippen LogP contribution < -0.4 is 5.32 Å². The fourth-order valence-electron chi connectivity index (χ4n) is 5.57. The molecular weight excluding hydrogens is 357 g/mol. The van der Waals surface area contributed by atoms with Crippen molar-refractivity contribution < 1.29 is 9.18 Å². The molecule has 148 valence electrons. The number of benzene rings is 1. The van der Waals surface area contributed by atoms with Gasteiger partial charge in [0.1, 0.15) is 5.82 Å². The van der Waals surface area contributed by atoms with Crippen LogP contribution in [-0.4, -0.2) is 63.8 Å². The van der Waals surface area contributed by atoms with Gasteiger partial charge in [-0.25, -0.2) is 4.39 Å². The van der Waals surface area contributed by atoms with E-state index in [1.807, 2.05) is 25.4 Å². The van der Waals surface area contributed by atoms with Gasteiger partial charge in [0.15, 0.2) is 5.82 Å². The average molecular weight is 383 g/mol. The maximum Gasteiger partial charge on any atom is 0.239 e. The molecule has 0 aliphatic carbocycles. The van der Waals surface area contributed by atoms with Gasteiger partial charge in [0.05, 0.1) is 6.54 Å². The summed E-state index contributed by atoms with van der Waals surface area (Å²) in [5.74, 6) is 1.33. The van der Waals surface area contributed by atoms with E-state index in [0.29, 0.717) is 36.3 Å². The third-order valence-corrected chi connectivity index (χ3v) is 6.72. The summed E-state index contributed by atoms with van der Waals surface area (Å²) in [6.07, 6.45) is 4.23. The largest absolute Gasteiger partial charge is 0.308 e. The topological polar surface area (TPSA) is 53.4 Å². The number of aryl methyl sites for hydroxylation is 1. The highest BCUT2D eigenvalue weighted by Crippen LogP contribution is 2.46. The Balaban J connectivity index is 1.37. The van der Waals surface area contributed by atoms with Gasteiger partial charge >= 0.3 is 0 Å². The second-order valence-electron chi connectivity index (χ2n) is 8.36. The van der Waals surface area contributed by atoms with Crippen LogP contribution in [0, 0.1) is 11.7 Å². The lowest BCUT2D eigenvalue weighted by Gasteiger charge is -2.51. The first-order valence-electron chi connectivity index (χ1n) is 10.1. The summed E-state index contributed by atoms with van der Waals surface area (Å²) < 4.78 is 15.1. The molecule has 1 aromatic carbocycles. The highest BCUT2D eigenvalue weighted by atomic mass is 19.1. The number of aromatic nitrogens is 2. The number of fused-ring (bicyclic) bond motifs is 2. The van der Waals surface area contributed by atoms with Crippen LogP contribution in [0.1, 0.15) is 24.3 Å². The summed E-state index contributed by atoms with van der Waals surface area (Å²) in [5, 5.41) is 7.15. The molecule has 5 heterocycles. The summed E-state index contributed by atoms with van der Waals surface area (Å²) in [5.41, 5.74) is 1.18. The molecule has 2 aromatic rings. The number of nitrogens with zero attached hydrogens (tertiary/aromatic N) is 4. The summed E-state index contributed by atoms with van der Waals surface area (Å²) >= 11 is 0. The number of hydrogen-bond acceptors (Lipinski definition) is 4. The molecule has 4 aliphatic rings. The zero-order valence-electron chi connectivity index (χ0n) is 16.1. The maximum atomic E-state index is 13.4. The van der Waals surface area contributed by atoms with E-state index in [1.54, 1.807) is 22.9 Å². The van der Waals surface area contributed by atoms with Gasteiger partial charge in [-0.2, -0.15) is 5.10 Å². The molecule has 1 amide bonds. The predicted octanol–water partition coefficient (Wildman–Crippen LogP) is 2.06. The molecule has 4 aliphatic heterocycles. The number of piperidine rings is 3. The van der Waals surface area contributed by atoms with Gasteiger partial charge < -0.3 is 5.32 Å². The minimum Gasteiger partial charge on any atom is -0.308 e. The van der Waals surface area contributed by atoms with Crippen molar-refractivity contribution in [3.05, 3.63) is 47.9 Å². The van der Waals surface area contributed by atoms with Crippen LogP contribution in [0.4, 0.5) is 10.2 Å². The third kappa shape index (κ3) is 3.12. The first-order valence-corrected chi connectivity index (χ1v) is 10.1. The van der Waals surface area contributed by atoms with Gasteiger partial charge in [-0.05, 0) is 49.5 Å². The van der Waals surface area contributed by atoms with Crippen molar-refractivity contribution in [3.63, 3.8) is 0 Å². The first-order chi connectivity index (χ1) is 13.6. The van der Waals surface area contributed by atoms with E-state index in [-0.39, 0.29) is 11.7 Å². The van der Waals surface area contributed by atoms with Gasteiger partial charge in [-0.3, -0.25) is 19.3 Å². The number of carbonyl (C=O) groups is 1. The Morgan fingerprint density at radius 2 is 1.93 bits per heavy atom. The number of nitrogens with one attached hydrogen (secondary N) is 1. The Hall–Kier alpha value is -2.25. The number of halogens is 1. The Bertz CT molecular complexity index is 858. The summed E-state index contributed by atoms with van der Waals surface area (Å²) in [6.45, 7) is 3.48. The van der Waals surface area contributed by atoms with Crippen molar-refractivity contribution in [2.24, 2.45) is 13.0 Å². The van der Waals surface area contributed by atoms with Crippen LogP contribution in [0.15, 0.2) is 36.5 Å². The summed E-state index contributed by atoms with van der Waals surface area (Å²) in [4.78, 5) is 17.6. The van der Waals surface area contributed by atoms with Crippen LogP contribution in [0.2, 0.25) is 0 Å². The van der Waals surface area contributed by atoms with Gasteiger partial charge in [0, 0.05) is 43.9 Å². The normalized spacial score (nSPS) is 31.7. The number of anilines is 1. The standard InChI is InChI=1S/C21H26FN5O/c1-25-9-8-18(24-25)23-19(28)13-27-12-17(14-2-4-16(22)5-3-14)21-20(27)15-6-10-26(21)11-7-15/h2-5,8-9,15,17,20-21H,6-7,10-13H2,1H3,(H,23,24,28)/t17-,20+,21+/m1/s1. The van der Waals surface area contributed by atoms with Crippen LogP contribution >= 0.6 is 0 Å². The van der Waals surface area contributed by atoms with Crippen molar-refractivity contribution in [1.29, 1.82) is 0 Å². The van der Waals surface area contributed by atoms with Gasteiger partial charge in [0.2, 0.25) is 5.91 Å². The average Bonchev–Trinajstić information content (AvgIpc) is 3.28. The molecule has 0 saturated carbocycles. The lowest BCUT2D eigenvalue weighted by Crippen LogP contribution is -2.60. The number of hydrogen-bond donors (Lipinski definition) is 1. The predicted molar refractivity (Wildman–Crippen MR) is 104 cm³/mol. The molecule has 4 saturated heterocycles. The number of amides is 1. The van der Waals surface area contributed by atoms with E-state index in [4.69, 9.17) is 0 Å². The van der Waals surface area contributed by atoms with Gasteiger partial charge in [0.25, 0.3) is 0 Å². The summed E-state index contributed by atoms with van der Waals surface area (Å²) in [7, 11) is 1.83. The van der Waals surface area contributed by atoms with E-state index in [9.17, 15) is 9.18 Å². The quantitative estimate of drug-likeness (QED) is 0.878. The molecule has 28 heavy (non-hydrogen) atoms. The van der Waals surface area contributed by atoms with E-state index < -0.39 is 0 Å². The zero-order valence-corrected chi connectivity index (χ0v) is 16.1. The fraction of sp³-hybridized carbons (Fsp3) is 0.524. The zero-order chi connectivity index (χ0) is 19.3. The Morgan fingerprint density at radius 3 is 2.61 bits per heavy atom. The molecule has 0 spiro atoms. The molecule has 0 radical (unpaired) electrons. The first kappa shape index (κ1) is 17.8. The SMILES string of the molecule is Cn1ccc(NC(=O)CN2C[C@H](c3ccc(F)cc3)[C@H]3[C@@H]2C2CCN3CC2)n1. The smallest absolute Gasteiger partial charge is 0.239 e. The number of carbonyl (C=O) groups excluding carboxylic acids is 1. The van der Waals surface area contributed by atoms with E-state index in [2.05, 4.69) is 20.2 Å². The minimum absolute atomic E-state index is 0.0198. The molecule has 6 rings (SSSR count). The molecule has 3 atom stereocenters. The Morgan fingerprint density at radius 1 is 1.18 bits per heavy atom. The molecular formula is C21H26FN5O.